The monoisotopic (exact) mass is 437 g/mol. The van der Waals surface area contributed by atoms with E-state index in [9.17, 15) is 5.11 Å². The highest BCUT2D eigenvalue weighted by atomic mass is 16.6. The molecule has 0 amide bonds. The van der Waals surface area contributed by atoms with Crippen molar-refractivity contribution in [1.29, 1.82) is 0 Å². The van der Waals surface area contributed by atoms with Crippen LogP contribution in [0.4, 0.5) is 0 Å². The first kappa shape index (κ1) is 26.8. The molecule has 12 atom stereocenters. The lowest BCUT2D eigenvalue weighted by atomic mass is 9.56. The fraction of sp³-hybridized carbons (Fsp3) is 0.923. The maximum Gasteiger partial charge on any atom is 0.0997 e. The third-order valence-corrected chi connectivity index (χ3v) is 8.63. The summed E-state index contributed by atoms with van der Waals surface area (Å²) in [5.74, 6) is 4.81. The van der Waals surface area contributed by atoms with Gasteiger partial charge in [0.1, 0.15) is 0 Å². The van der Waals surface area contributed by atoms with Gasteiger partial charge in [-0.05, 0) is 80.7 Å². The van der Waals surface area contributed by atoms with E-state index in [1.807, 2.05) is 0 Å². The van der Waals surface area contributed by atoms with Crippen molar-refractivity contribution in [2.24, 2.45) is 52.9 Å². The lowest BCUT2D eigenvalue weighted by Gasteiger charge is -2.49. The van der Waals surface area contributed by atoms with E-state index in [-0.39, 0.29) is 18.1 Å². The van der Waals surface area contributed by atoms with E-state index in [1.165, 1.54) is 39.2 Å². The minimum Gasteiger partial charge on any atom is -0.391 e. The van der Waals surface area contributed by atoms with Crippen LogP contribution in [0.15, 0.2) is 13.2 Å². The Morgan fingerprint density at radius 3 is 2.06 bits per heavy atom. The zero-order valence-corrected chi connectivity index (χ0v) is 20.8. The molecule has 2 heterocycles. The van der Waals surface area contributed by atoms with Gasteiger partial charge in [-0.25, -0.2) is 0 Å². The van der Waals surface area contributed by atoms with Gasteiger partial charge >= 0.3 is 0 Å². The normalized spacial score (nSPS) is 48.5. The molecule has 0 aromatic heterocycles. The third-order valence-electron chi connectivity index (χ3n) is 8.63. The van der Waals surface area contributed by atoms with Gasteiger partial charge in [0.15, 0.2) is 0 Å². The van der Waals surface area contributed by atoms with E-state index in [0.29, 0.717) is 30.7 Å². The van der Waals surface area contributed by atoms with Crippen LogP contribution in [0.1, 0.15) is 66.2 Å². The van der Waals surface area contributed by atoms with Crippen molar-refractivity contribution in [3.8, 4) is 0 Å². The molecule has 5 nitrogen and oxygen atoms in total. The van der Waals surface area contributed by atoms with Gasteiger partial charge < -0.3 is 26.6 Å². The van der Waals surface area contributed by atoms with Crippen LogP contribution in [0.25, 0.3) is 0 Å². The van der Waals surface area contributed by atoms with Crippen molar-refractivity contribution < 1.29 is 9.84 Å². The van der Waals surface area contributed by atoms with Crippen molar-refractivity contribution in [2.45, 2.75) is 96.6 Å². The Labute approximate surface area is 191 Å². The molecule has 6 N–H and O–H groups in total. The molecule has 182 valence electrons. The van der Waals surface area contributed by atoms with Crippen LogP contribution >= 0.6 is 0 Å². The topological polar surface area (TPSA) is 96.8 Å². The summed E-state index contributed by atoms with van der Waals surface area (Å²) in [5.41, 5.74) is 10.5. The predicted octanol–water partition coefficient (Wildman–Crippen LogP) is 3.55. The third kappa shape index (κ3) is 5.22. The second-order valence-electron chi connectivity index (χ2n) is 10.3. The average Bonchev–Trinajstić information content (AvgIpc) is 3.45. The van der Waals surface area contributed by atoms with Gasteiger partial charge in [0.2, 0.25) is 0 Å². The molecule has 12 unspecified atom stereocenters. The molecule has 0 aromatic rings. The predicted molar refractivity (Wildman–Crippen MR) is 131 cm³/mol. The molecular weight excluding hydrogens is 386 g/mol. The summed E-state index contributed by atoms with van der Waals surface area (Å²) in [6.45, 7) is 15.7. The Morgan fingerprint density at radius 1 is 0.935 bits per heavy atom. The molecule has 0 spiro atoms. The van der Waals surface area contributed by atoms with E-state index in [2.05, 4.69) is 51.9 Å². The van der Waals surface area contributed by atoms with Crippen molar-refractivity contribution in [1.82, 2.24) is 5.32 Å². The number of nitrogens with two attached hydrogens (primary N) is 2. The molecule has 5 fully saturated rings. The van der Waals surface area contributed by atoms with Crippen molar-refractivity contribution in [3.63, 3.8) is 0 Å². The van der Waals surface area contributed by atoms with E-state index in [1.54, 1.807) is 0 Å². The van der Waals surface area contributed by atoms with E-state index in [0.717, 1.165) is 36.0 Å². The van der Waals surface area contributed by atoms with Crippen molar-refractivity contribution in [2.75, 3.05) is 13.6 Å². The summed E-state index contributed by atoms with van der Waals surface area (Å²) >= 11 is 0. The maximum atomic E-state index is 11.0. The largest absolute Gasteiger partial charge is 0.391 e. The number of hydrogen-bond donors (Lipinski definition) is 4. The first-order valence-corrected chi connectivity index (χ1v) is 12.9. The van der Waals surface area contributed by atoms with Gasteiger partial charge in [-0.15, -0.1) is 13.2 Å². The molecule has 0 aromatic carbocycles. The van der Waals surface area contributed by atoms with E-state index >= 15 is 0 Å². The zero-order chi connectivity index (χ0) is 23.3. The highest BCUT2D eigenvalue weighted by molar-refractivity contribution is 5.17. The average molecular weight is 438 g/mol. The van der Waals surface area contributed by atoms with Crippen LogP contribution in [0.2, 0.25) is 0 Å². The highest BCUT2D eigenvalue weighted by Gasteiger charge is 2.65. The second-order valence-corrected chi connectivity index (χ2v) is 10.3. The number of epoxide rings is 1. The fourth-order valence-corrected chi connectivity index (χ4v) is 7.48. The molecule has 2 saturated heterocycles. The summed E-state index contributed by atoms with van der Waals surface area (Å²) in [5, 5.41) is 14.8. The number of rotatable bonds is 2. The molecule has 5 rings (SSSR count). The summed E-state index contributed by atoms with van der Waals surface area (Å²) in [6, 6.07) is 0.742. The summed E-state index contributed by atoms with van der Waals surface area (Å²) in [7, 11) is 1.50. The minimum atomic E-state index is -0.267. The van der Waals surface area contributed by atoms with Crippen molar-refractivity contribution >= 4 is 0 Å². The minimum absolute atomic E-state index is 0.253. The summed E-state index contributed by atoms with van der Waals surface area (Å²) in [6.07, 6.45) is 8.30. The zero-order valence-electron chi connectivity index (χ0n) is 20.8. The van der Waals surface area contributed by atoms with Gasteiger partial charge in [0, 0.05) is 12.1 Å². The number of aliphatic hydroxyl groups excluding tert-OH is 1. The van der Waals surface area contributed by atoms with Crippen LogP contribution in [0, 0.1) is 41.4 Å². The lowest BCUT2D eigenvalue weighted by Crippen LogP contribution is -2.54. The molecule has 2 aliphatic heterocycles. The SMILES string of the molecule is C=C.CCC.CCC1CC2CC(CN)C(O)C3NC4C5OC5CC(CC1C)C4C23.CN. The summed E-state index contributed by atoms with van der Waals surface area (Å²) < 4.78 is 6.04. The molecule has 0 bridgehead atoms. The standard InChI is InChI=1S/C20H34N2O2.C3H8.C2H4.CH5N/c1-3-10-5-12-6-13(8-21)19(23)17-15(12)16-11(4-9(10)2)7-14-20(24-14)18(16)22-17;1-3-2;2*1-2/h9-20,22-23H,3-8,21H2,1-2H3;3H2,1-2H3;1-2H2;2H2,1H3. The molecule has 31 heavy (non-hydrogen) atoms. The fourth-order valence-electron chi connectivity index (χ4n) is 7.48. The second kappa shape index (κ2) is 12.1. The molecule has 0 radical (unpaired) electrons. The lowest BCUT2D eigenvalue weighted by molar-refractivity contribution is -0.0359. The van der Waals surface area contributed by atoms with Crippen LogP contribution in [-0.4, -0.2) is 49.1 Å². The van der Waals surface area contributed by atoms with Gasteiger partial charge in [0.05, 0.1) is 18.3 Å². The molecule has 3 aliphatic carbocycles. The van der Waals surface area contributed by atoms with Crippen LogP contribution in [0.5, 0.6) is 0 Å². The van der Waals surface area contributed by atoms with Crippen LogP contribution in [-0.2, 0) is 4.74 Å². The molecule has 5 aliphatic rings. The number of hydrogen-bond acceptors (Lipinski definition) is 5. The quantitative estimate of drug-likeness (QED) is 0.391. The van der Waals surface area contributed by atoms with Gasteiger partial charge in [0.25, 0.3) is 0 Å². The van der Waals surface area contributed by atoms with Gasteiger partial charge in [-0.3, -0.25) is 0 Å². The molecule has 3 saturated carbocycles. The Morgan fingerprint density at radius 2 is 1.48 bits per heavy atom. The Hall–Kier alpha value is -0.460. The smallest absolute Gasteiger partial charge is 0.0997 e. The molecular formula is C26H51N3O2. The number of ether oxygens (including phenoxy) is 1. The Kier molecular flexibility index (Phi) is 10.5. The van der Waals surface area contributed by atoms with Gasteiger partial charge in [-0.1, -0.05) is 40.5 Å². The first-order valence-electron chi connectivity index (χ1n) is 12.9. The van der Waals surface area contributed by atoms with E-state index < -0.39 is 0 Å². The molecule has 5 heteroatoms. The summed E-state index contributed by atoms with van der Waals surface area (Å²) in [4.78, 5) is 0. The van der Waals surface area contributed by atoms with Crippen molar-refractivity contribution in [3.05, 3.63) is 13.2 Å². The van der Waals surface area contributed by atoms with Crippen LogP contribution < -0.4 is 16.8 Å². The number of nitrogens with one attached hydrogen (secondary N) is 1. The first-order chi connectivity index (χ1) is 15.0. The maximum absolute atomic E-state index is 11.0. The van der Waals surface area contributed by atoms with E-state index in [4.69, 9.17) is 10.5 Å². The van der Waals surface area contributed by atoms with Crippen LogP contribution in [0.3, 0.4) is 0 Å². The Bertz CT molecular complexity index is 533. The van der Waals surface area contributed by atoms with Gasteiger partial charge in [-0.2, -0.15) is 0 Å². The number of fused-ring (bicyclic) bond motifs is 2. The highest BCUT2D eigenvalue weighted by Crippen LogP contribution is 2.58. The Balaban J connectivity index is 0.000000442. The number of aliphatic hydroxyl groups is 1.